The van der Waals surface area contributed by atoms with Crippen LogP contribution >= 0.6 is 0 Å². The van der Waals surface area contributed by atoms with Crippen molar-refractivity contribution >= 4 is 20.4 Å². The minimum Gasteiger partial charge on any atom is -0.464 e. The predicted octanol–water partition coefficient (Wildman–Crippen LogP) is 3.97. The number of hydrogen-bond acceptors (Lipinski definition) is 6. The van der Waals surface area contributed by atoms with E-state index in [4.69, 9.17) is 18.6 Å². The molecule has 28 heavy (non-hydrogen) atoms. The van der Waals surface area contributed by atoms with E-state index >= 15 is 0 Å². The molecule has 0 aromatic rings. The summed E-state index contributed by atoms with van der Waals surface area (Å²) in [6.45, 7) is 19.2. The summed E-state index contributed by atoms with van der Waals surface area (Å²) < 4.78 is 22.5. The van der Waals surface area contributed by atoms with Crippen molar-refractivity contribution in [3.63, 3.8) is 0 Å². The van der Waals surface area contributed by atoms with Gasteiger partial charge in [0.05, 0.1) is 25.4 Å². The molecule has 1 fully saturated rings. The number of esters is 1. The summed E-state index contributed by atoms with van der Waals surface area (Å²) in [5, 5.41) is 0.0856. The summed E-state index contributed by atoms with van der Waals surface area (Å²) in [7, 11) is -1.96. The van der Waals surface area contributed by atoms with Crippen LogP contribution < -0.4 is 0 Å². The molecule has 0 radical (unpaired) electrons. The number of carbonyl (C=O) groups is 2. The van der Waals surface area contributed by atoms with Gasteiger partial charge in [0.2, 0.25) is 0 Å². The molecule has 1 aliphatic heterocycles. The van der Waals surface area contributed by atoms with Crippen LogP contribution in [-0.4, -0.2) is 69.4 Å². The number of rotatable bonds is 7. The molecule has 0 N–H and O–H groups in total. The van der Waals surface area contributed by atoms with Gasteiger partial charge < -0.3 is 23.5 Å². The number of hydrogen-bond donors (Lipinski definition) is 0. The fourth-order valence-corrected chi connectivity index (χ4v) is 4.09. The molecule has 0 aromatic carbocycles. The van der Waals surface area contributed by atoms with Crippen LogP contribution in [0.2, 0.25) is 18.1 Å². The highest BCUT2D eigenvalue weighted by molar-refractivity contribution is 6.74. The minimum absolute atomic E-state index is 0.0652. The topological polar surface area (TPSA) is 74.3 Å². The summed E-state index contributed by atoms with van der Waals surface area (Å²) in [6.07, 6.45) is 0.220. The van der Waals surface area contributed by atoms with Crippen molar-refractivity contribution < 1.29 is 28.2 Å². The molecule has 1 saturated heterocycles. The highest BCUT2D eigenvalue weighted by atomic mass is 28.4. The lowest BCUT2D eigenvalue weighted by molar-refractivity contribution is -0.148. The molecule has 2 atom stereocenters. The second-order valence-electron chi connectivity index (χ2n) is 9.84. The van der Waals surface area contributed by atoms with Gasteiger partial charge in [-0.15, -0.1) is 0 Å². The Kier molecular flexibility index (Phi) is 8.53. The van der Waals surface area contributed by atoms with Gasteiger partial charge in [0, 0.05) is 6.54 Å². The molecule has 7 nitrogen and oxygen atoms in total. The Morgan fingerprint density at radius 1 is 1.11 bits per heavy atom. The summed E-state index contributed by atoms with van der Waals surface area (Å²) >= 11 is 0. The number of likely N-dealkylation sites (tertiary alicyclic amines) is 1. The van der Waals surface area contributed by atoms with Gasteiger partial charge in [-0.2, -0.15) is 0 Å². The van der Waals surface area contributed by atoms with Gasteiger partial charge in [-0.25, -0.2) is 9.59 Å². The molecule has 1 heterocycles. The number of carbonyl (C=O) groups excluding carboxylic acids is 2. The summed E-state index contributed by atoms with van der Waals surface area (Å²) in [5.41, 5.74) is -0.578. The Morgan fingerprint density at radius 2 is 1.71 bits per heavy atom. The highest BCUT2D eigenvalue weighted by Gasteiger charge is 2.44. The highest BCUT2D eigenvalue weighted by Crippen LogP contribution is 2.39. The SMILES string of the molecule is CCOC(=O)COC[C@@H]1C[C@@H](O[Si](C)(C)C(C)(C)C)CN1C(=O)OC(C)(C)C. The van der Waals surface area contributed by atoms with Crippen molar-refractivity contribution in [3.8, 4) is 0 Å². The number of ether oxygens (including phenoxy) is 3. The molecule has 164 valence electrons. The minimum atomic E-state index is -1.96. The van der Waals surface area contributed by atoms with Crippen molar-refractivity contribution in [2.75, 3.05) is 26.4 Å². The van der Waals surface area contributed by atoms with Crippen LogP contribution in [0.3, 0.4) is 0 Å². The van der Waals surface area contributed by atoms with Gasteiger partial charge in [-0.1, -0.05) is 20.8 Å². The zero-order chi connectivity index (χ0) is 21.8. The first-order valence-electron chi connectivity index (χ1n) is 10.1. The van der Waals surface area contributed by atoms with E-state index in [0.717, 1.165) is 0 Å². The monoisotopic (exact) mass is 417 g/mol. The van der Waals surface area contributed by atoms with E-state index in [1.165, 1.54) is 0 Å². The lowest BCUT2D eigenvalue weighted by Gasteiger charge is -2.38. The fourth-order valence-electron chi connectivity index (χ4n) is 2.74. The van der Waals surface area contributed by atoms with Crippen LogP contribution in [0.25, 0.3) is 0 Å². The molecule has 1 rings (SSSR count). The molecule has 8 heteroatoms. The molecule has 0 aliphatic carbocycles. The van der Waals surface area contributed by atoms with Gasteiger partial charge >= 0.3 is 12.1 Å². The van der Waals surface area contributed by atoms with Gasteiger partial charge in [0.25, 0.3) is 0 Å². The fraction of sp³-hybridized carbons (Fsp3) is 0.900. The zero-order valence-corrected chi connectivity index (χ0v) is 20.1. The van der Waals surface area contributed by atoms with Crippen LogP contribution in [0.5, 0.6) is 0 Å². The standard InChI is InChI=1S/C20H39NO6Si/c1-10-25-17(22)14-24-13-15-11-16(27-28(8,9)20(5,6)7)12-21(15)18(23)26-19(2,3)4/h15-16H,10-14H2,1-9H3/t15-,16+/m0/s1. The molecule has 1 aliphatic rings. The third-order valence-corrected chi connectivity index (χ3v) is 9.64. The molecule has 0 unspecified atom stereocenters. The van der Waals surface area contributed by atoms with Crippen LogP contribution in [0, 0.1) is 0 Å². The van der Waals surface area contributed by atoms with E-state index in [1.807, 2.05) is 20.8 Å². The van der Waals surface area contributed by atoms with E-state index in [1.54, 1.807) is 11.8 Å². The van der Waals surface area contributed by atoms with Crippen molar-refractivity contribution in [2.24, 2.45) is 0 Å². The molecular formula is C20H39NO6Si. The van der Waals surface area contributed by atoms with Crippen LogP contribution in [-0.2, 0) is 23.4 Å². The Morgan fingerprint density at radius 3 is 2.21 bits per heavy atom. The number of amides is 1. The summed E-state index contributed by atoms with van der Waals surface area (Å²) in [5.74, 6) is -0.404. The molecular weight excluding hydrogens is 378 g/mol. The number of nitrogens with zero attached hydrogens (tertiary/aromatic N) is 1. The first-order chi connectivity index (χ1) is 12.7. The van der Waals surface area contributed by atoms with Gasteiger partial charge in [0.15, 0.2) is 8.32 Å². The Hall–Kier alpha value is -1.12. The first kappa shape index (κ1) is 24.9. The normalized spacial score (nSPS) is 21.0. The van der Waals surface area contributed by atoms with Gasteiger partial charge in [-0.3, -0.25) is 0 Å². The quantitative estimate of drug-likeness (QED) is 0.461. The molecule has 0 aromatic heterocycles. The maximum absolute atomic E-state index is 12.7. The summed E-state index contributed by atoms with van der Waals surface area (Å²) in [4.78, 5) is 25.9. The third kappa shape index (κ3) is 7.71. The maximum Gasteiger partial charge on any atom is 0.410 e. The van der Waals surface area contributed by atoms with E-state index in [9.17, 15) is 9.59 Å². The van der Waals surface area contributed by atoms with E-state index in [2.05, 4.69) is 33.9 Å². The Bertz CT molecular complexity index is 538. The average Bonchev–Trinajstić information content (AvgIpc) is 2.86. The molecule has 0 spiro atoms. The van der Waals surface area contributed by atoms with Crippen molar-refractivity contribution in [3.05, 3.63) is 0 Å². The van der Waals surface area contributed by atoms with Crippen molar-refractivity contribution in [2.45, 2.75) is 90.8 Å². The Balaban J connectivity index is 2.80. The van der Waals surface area contributed by atoms with Gasteiger partial charge in [0.1, 0.15) is 12.2 Å². The Labute approximate surface area is 171 Å². The average molecular weight is 418 g/mol. The van der Waals surface area contributed by atoms with E-state index in [0.29, 0.717) is 19.6 Å². The predicted molar refractivity (Wildman–Crippen MR) is 111 cm³/mol. The summed E-state index contributed by atoms with van der Waals surface area (Å²) in [6, 6.07) is -0.195. The molecule has 0 bridgehead atoms. The van der Waals surface area contributed by atoms with Crippen LogP contribution in [0.15, 0.2) is 0 Å². The molecule has 1 amide bonds. The van der Waals surface area contributed by atoms with Crippen molar-refractivity contribution in [1.29, 1.82) is 0 Å². The first-order valence-corrected chi connectivity index (χ1v) is 13.0. The second-order valence-corrected chi connectivity index (χ2v) is 14.6. The second kappa shape index (κ2) is 9.58. The zero-order valence-electron chi connectivity index (χ0n) is 19.1. The third-order valence-electron chi connectivity index (χ3n) is 5.11. The van der Waals surface area contributed by atoms with Crippen LogP contribution in [0.4, 0.5) is 4.79 Å². The van der Waals surface area contributed by atoms with Gasteiger partial charge in [-0.05, 0) is 52.2 Å². The van der Waals surface area contributed by atoms with Crippen molar-refractivity contribution in [1.82, 2.24) is 4.90 Å². The maximum atomic E-state index is 12.7. The van der Waals surface area contributed by atoms with E-state index < -0.39 is 19.9 Å². The molecule has 0 saturated carbocycles. The van der Waals surface area contributed by atoms with Crippen LogP contribution in [0.1, 0.15) is 54.9 Å². The largest absolute Gasteiger partial charge is 0.464 e. The lowest BCUT2D eigenvalue weighted by Crippen LogP contribution is -2.45. The smallest absolute Gasteiger partial charge is 0.410 e. The lowest BCUT2D eigenvalue weighted by atomic mass is 10.2. The van der Waals surface area contributed by atoms with E-state index in [-0.39, 0.29) is 36.5 Å².